The molecule has 0 aromatic rings. The van der Waals surface area contributed by atoms with Gasteiger partial charge in [-0.2, -0.15) is 0 Å². The molecule has 0 amide bonds. The molecule has 0 unspecified atom stereocenters. The molecule has 0 heterocycles. The maximum atomic E-state index is 11.7. The van der Waals surface area contributed by atoms with E-state index in [9.17, 15) is 4.57 Å². The minimum absolute atomic E-state index is 0.129. The van der Waals surface area contributed by atoms with E-state index in [-0.39, 0.29) is 15.2 Å². The van der Waals surface area contributed by atoms with Gasteiger partial charge in [0.05, 0.1) is 0 Å². The molecule has 0 spiro atoms. The maximum absolute atomic E-state index is 11.7. The van der Waals surface area contributed by atoms with Gasteiger partial charge in [-0.15, -0.1) is 0 Å². The van der Waals surface area contributed by atoms with Gasteiger partial charge in [0.1, 0.15) is 4.99 Å². The lowest BCUT2D eigenvalue weighted by Gasteiger charge is -2.20. The van der Waals surface area contributed by atoms with E-state index in [0.29, 0.717) is 0 Å². The fraction of sp³-hybridized carbons (Fsp3) is 0.571. The number of phosphoric ester groups is 1. The Labute approximate surface area is 110 Å². The molecule has 16 heavy (non-hydrogen) atoms. The highest BCUT2D eigenvalue weighted by Crippen LogP contribution is 2.50. The minimum Gasteiger partial charge on any atom is -0.398 e. The number of nitrogens with zero attached hydrogens (tertiary/aromatic N) is 1. The summed E-state index contributed by atoms with van der Waals surface area (Å²) >= 11 is 16.1. The lowest BCUT2D eigenvalue weighted by Crippen LogP contribution is -2.23. The largest absolute Gasteiger partial charge is 0.529 e. The van der Waals surface area contributed by atoms with Crippen molar-refractivity contribution < 1.29 is 18.1 Å². The Kier molecular flexibility index (Phi) is 6.86. The van der Waals surface area contributed by atoms with E-state index in [2.05, 4.69) is 9.05 Å². The third-order valence-electron chi connectivity index (χ3n) is 1.42. The van der Waals surface area contributed by atoms with Gasteiger partial charge in [0, 0.05) is 28.3 Å². The highest BCUT2D eigenvalue weighted by molar-refractivity contribution is 7.80. The van der Waals surface area contributed by atoms with E-state index in [1.54, 1.807) is 14.1 Å². The normalized spacial score (nSPS) is 10.9. The van der Waals surface area contributed by atoms with Crippen molar-refractivity contribution in [2.45, 2.75) is 0 Å². The van der Waals surface area contributed by atoms with Crippen molar-refractivity contribution in [3.05, 3.63) is 10.3 Å². The number of halogens is 2. The molecule has 0 saturated heterocycles. The molecule has 0 N–H and O–H groups in total. The van der Waals surface area contributed by atoms with E-state index in [1.165, 1.54) is 19.1 Å². The molecule has 0 saturated carbocycles. The molecule has 94 valence electrons. The summed E-state index contributed by atoms with van der Waals surface area (Å²) in [6, 6.07) is 0. The van der Waals surface area contributed by atoms with Crippen molar-refractivity contribution in [1.29, 1.82) is 0 Å². The van der Waals surface area contributed by atoms with Crippen LogP contribution in [0.3, 0.4) is 0 Å². The van der Waals surface area contributed by atoms with Gasteiger partial charge in [-0.25, -0.2) is 4.57 Å². The predicted octanol–water partition coefficient (Wildman–Crippen LogP) is 2.94. The van der Waals surface area contributed by atoms with E-state index < -0.39 is 7.82 Å². The zero-order chi connectivity index (χ0) is 12.9. The maximum Gasteiger partial charge on any atom is 0.529 e. The quantitative estimate of drug-likeness (QED) is 0.337. The first kappa shape index (κ1) is 16.2. The Bertz CT molecular complexity index is 335. The first-order chi connectivity index (χ1) is 7.27. The van der Waals surface area contributed by atoms with Crippen LogP contribution in [0.1, 0.15) is 0 Å². The van der Waals surface area contributed by atoms with Crippen LogP contribution in [0, 0.1) is 0 Å². The van der Waals surface area contributed by atoms with Gasteiger partial charge in [0.2, 0.25) is 0 Å². The molecular weight excluding hydrogens is 296 g/mol. The first-order valence-electron chi connectivity index (χ1n) is 3.95. The van der Waals surface area contributed by atoms with Crippen LogP contribution in [0.25, 0.3) is 0 Å². The van der Waals surface area contributed by atoms with Crippen LogP contribution in [-0.4, -0.2) is 38.2 Å². The van der Waals surface area contributed by atoms with Crippen molar-refractivity contribution in [3.63, 3.8) is 0 Å². The number of thiocarbonyl (C=S) groups is 1. The van der Waals surface area contributed by atoms with Crippen LogP contribution in [0.5, 0.6) is 0 Å². The summed E-state index contributed by atoms with van der Waals surface area (Å²) in [6.45, 7) is 0. The Morgan fingerprint density at radius 3 is 1.94 bits per heavy atom. The van der Waals surface area contributed by atoms with Gasteiger partial charge in [-0.05, 0) is 0 Å². The summed E-state index contributed by atoms with van der Waals surface area (Å²) < 4.78 is 25.6. The van der Waals surface area contributed by atoms with Crippen molar-refractivity contribution in [3.8, 4) is 0 Å². The van der Waals surface area contributed by atoms with E-state index >= 15 is 0 Å². The second-order valence-corrected chi connectivity index (χ2v) is 5.84. The summed E-state index contributed by atoms with van der Waals surface area (Å²) in [5.41, 5.74) is 0. The van der Waals surface area contributed by atoms with Gasteiger partial charge in [0.15, 0.2) is 10.3 Å². The first-order valence-corrected chi connectivity index (χ1v) is 6.58. The second-order valence-electron chi connectivity index (χ2n) is 2.69. The summed E-state index contributed by atoms with van der Waals surface area (Å²) in [5, 5.41) is 0. The number of rotatable bonds is 5. The van der Waals surface area contributed by atoms with Crippen LogP contribution in [0.4, 0.5) is 0 Å². The summed E-state index contributed by atoms with van der Waals surface area (Å²) in [5.74, 6) is -0.129. The average Bonchev–Trinajstić information content (AvgIpc) is 2.24. The summed E-state index contributed by atoms with van der Waals surface area (Å²) in [4.78, 5) is 1.69. The number of phosphoric acid groups is 1. The molecule has 0 aliphatic rings. The molecule has 9 heteroatoms. The number of likely N-dealkylation sites (N-methyl/N-ethyl adjacent to an activating group) is 1. The van der Waals surface area contributed by atoms with Gasteiger partial charge in [-0.3, -0.25) is 9.05 Å². The minimum atomic E-state index is -3.73. The average molecular weight is 308 g/mol. The van der Waals surface area contributed by atoms with E-state index in [4.69, 9.17) is 39.9 Å². The monoisotopic (exact) mass is 307 g/mol. The standard InChI is InChI=1S/C7H12Cl2NO4PS/c1-10(2)7(16)5(6(8)9)14-15(11,12-3)13-4/h1-4H3. The molecule has 0 rings (SSSR count). The molecule has 5 nitrogen and oxygen atoms in total. The lowest BCUT2D eigenvalue weighted by atomic mass is 10.5. The Balaban J connectivity index is 5.09. The van der Waals surface area contributed by atoms with Gasteiger partial charge >= 0.3 is 7.82 Å². The molecular formula is C7H12Cl2NO4PS. The zero-order valence-corrected chi connectivity index (χ0v) is 12.4. The van der Waals surface area contributed by atoms with Gasteiger partial charge in [-0.1, -0.05) is 35.4 Å². The molecule has 0 fully saturated rings. The SMILES string of the molecule is COP(=O)(OC)OC(C(=S)N(C)C)=C(Cl)Cl. The molecule has 0 bridgehead atoms. The van der Waals surface area contributed by atoms with Crippen LogP contribution in [0.15, 0.2) is 10.3 Å². The van der Waals surface area contributed by atoms with Gasteiger partial charge in [0.25, 0.3) is 0 Å². The van der Waals surface area contributed by atoms with Crippen molar-refractivity contribution >= 4 is 48.2 Å². The second kappa shape index (κ2) is 6.79. The third kappa shape index (κ3) is 4.57. The highest BCUT2D eigenvalue weighted by Gasteiger charge is 2.29. The summed E-state index contributed by atoms with van der Waals surface area (Å²) in [7, 11) is 1.93. The Morgan fingerprint density at radius 1 is 1.25 bits per heavy atom. The molecule has 0 aliphatic carbocycles. The van der Waals surface area contributed by atoms with E-state index in [1.807, 2.05) is 0 Å². The summed E-state index contributed by atoms with van der Waals surface area (Å²) in [6.07, 6.45) is 0. The van der Waals surface area contributed by atoms with Gasteiger partial charge < -0.3 is 9.42 Å². The molecule has 0 atom stereocenters. The van der Waals surface area contributed by atoms with Crippen molar-refractivity contribution in [1.82, 2.24) is 4.90 Å². The fourth-order valence-corrected chi connectivity index (χ4v) is 2.00. The van der Waals surface area contributed by atoms with Crippen LogP contribution in [-0.2, 0) is 18.1 Å². The van der Waals surface area contributed by atoms with Crippen LogP contribution in [0.2, 0.25) is 0 Å². The number of hydrogen-bond donors (Lipinski definition) is 0. The molecule has 0 aliphatic heterocycles. The Hall–Kier alpha value is 0.160. The zero-order valence-electron chi connectivity index (χ0n) is 9.19. The van der Waals surface area contributed by atoms with Crippen LogP contribution < -0.4 is 0 Å². The highest BCUT2D eigenvalue weighted by atomic mass is 35.5. The molecule has 0 aromatic heterocycles. The molecule has 0 aromatic carbocycles. The van der Waals surface area contributed by atoms with Crippen LogP contribution >= 0.6 is 43.2 Å². The third-order valence-corrected chi connectivity index (χ3v) is 3.62. The van der Waals surface area contributed by atoms with E-state index in [0.717, 1.165) is 0 Å². The number of hydrogen-bond acceptors (Lipinski definition) is 5. The lowest BCUT2D eigenvalue weighted by molar-refractivity contribution is 0.187. The molecule has 0 radical (unpaired) electrons. The van der Waals surface area contributed by atoms with Crippen molar-refractivity contribution in [2.75, 3.05) is 28.3 Å². The smallest absolute Gasteiger partial charge is 0.398 e. The topological polar surface area (TPSA) is 48.0 Å². The predicted molar refractivity (Wildman–Crippen MR) is 67.7 cm³/mol. The fourth-order valence-electron chi connectivity index (χ4n) is 0.618. The van der Waals surface area contributed by atoms with Crippen molar-refractivity contribution in [2.24, 2.45) is 0 Å². The Morgan fingerprint density at radius 2 is 1.69 bits per heavy atom.